The normalized spacial score (nSPS) is 11.2. The van der Waals surface area contributed by atoms with Crippen LogP contribution in [0.4, 0.5) is 19.0 Å². The number of nitrogens with zero attached hydrogens (tertiary/aromatic N) is 3. The van der Waals surface area contributed by atoms with Crippen LogP contribution in [0.25, 0.3) is 0 Å². The van der Waals surface area contributed by atoms with Crippen LogP contribution < -0.4 is 9.64 Å². The van der Waals surface area contributed by atoms with E-state index >= 15 is 0 Å². The van der Waals surface area contributed by atoms with E-state index in [1.165, 1.54) is 12.1 Å². The largest absolute Gasteiger partial charge is 0.573 e. The number of hydrogen-bond donors (Lipinski definition) is 0. The van der Waals surface area contributed by atoms with Gasteiger partial charge in [0.15, 0.2) is 0 Å². The third-order valence-corrected chi connectivity index (χ3v) is 2.83. The molecule has 2 aromatic rings. The van der Waals surface area contributed by atoms with Gasteiger partial charge >= 0.3 is 6.36 Å². The molecule has 2 heterocycles. The molecule has 0 aliphatic carbocycles. The molecule has 21 heavy (non-hydrogen) atoms. The van der Waals surface area contributed by atoms with Crippen molar-refractivity contribution in [3.8, 4) is 5.75 Å². The lowest BCUT2D eigenvalue weighted by Crippen LogP contribution is -2.21. The van der Waals surface area contributed by atoms with Gasteiger partial charge in [0.2, 0.25) is 0 Å². The third kappa shape index (κ3) is 4.94. The van der Waals surface area contributed by atoms with Crippen molar-refractivity contribution in [3.63, 3.8) is 0 Å². The predicted molar refractivity (Wildman–Crippen MR) is 72.1 cm³/mol. The monoisotopic (exact) mass is 297 g/mol. The molecule has 0 radical (unpaired) electrons. The Morgan fingerprint density at radius 2 is 1.86 bits per heavy atom. The first kappa shape index (κ1) is 15.1. The summed E-state index contributed by atoms with van der Waals surface area (Å²) < 4.78 is 39.9. The molecule has 0 aliphatic rings. The summed E-state index contributed by atoms with van der Waals surface area (Å²) in [5.41, 5.74) is 1.13. The van der Waals surface area contributed by atoms with E-state index in [4.69, 9.17) is 0 Å². The number of ether oxygens (including phenoxy) is 1. The van der Waals surface area contributed by atoms with E-state index in [-0.39, 0.29) is 5.75 Å². The number of rotatable bonds is 5. The molecule has 7 heteroatoms. The molecule has 0 atom stereocenters. The van der Waals surface area contributed by atoms with Crippen molar-refractivity contribution in [1.82, 2.24) is 9.97 Å². The van der Waals surface area contributed by atoms with Gasteiger partial charge in [0, 0.05) is 26.0 Å². The van der Waals surface area contributed by atoms with Crippen LogP contribution in [0, 0.1) is 0 Å². The van der Waals surface area contributed by atoms with Crippen LogP contribution in [0.15, 0.2) is 42.9 Å². The summed E-state index contributed by atoms with van der Waals surface area (Å²) in [5.74, 6) is 0.257. The van der Waals surface area contributed by atoms with Crippen LogP contribution in [0.2, 0.25) is 0 Å². The van der Waals surface area contributed by atoms with Gasteiger partial charge in [0.25, 0.3) is 0 Å². The van der Waals surface area contributed by atoms with Crippen molar-refractivity contribution in [1.29, 1.82) is 0 Å². The zero-order valence-electron chi connectivity index (χ0n) is 11.3. The molecule has 2 rings (SSSR count). The minimum absolute atomic E-state index is 0.325. The lowest BCUT2D eigenvalue weighted by atomic mass is 10.2. The highest BCUT2D eigenvalue weighted by Crippen LogP contribution is 2.23. The standard InChI is InChI=1S/C14H14F3N3O/c1-20(9-6-11-4-7-18-8-5-11)13-3-2-12(10-19-13)21-14(15,16)17/h2-5,7-8,10H,6,9H2,1H3. The Labute approximate surface area is 120 Å². The quantitative estimate of drug-likeness (QED) is 0.850. The summed E-state index contributed by atoms with van der Waals surface area (Å²) in [6.07, 6.45) is 0.595. The van der Waals surface area contributed by atoms with E-state index in [0.717, 1.165) is 18.2 Å². The predicted octanol–water partition coefficient (Wildman–Crippen LogP) is 3.05. The summed E-state index contributed by atoms with van der Waals surface area (Å²) in [6, 6.07) is 6.58. The first-order valence-electron chi connectivity index (χ1n) is 6.26. The second-order valence-electron chi connectivity index (χ2n) is 4.43. The Balaban J connectivity index is 1.92. The minimum atomic E-state index is -4.70. The van der Waals surface area contributed by atoms with E-state index < -0.39 is 6.36 Å². The second kappa shape index (κ2) is 6.43. The van der Waals surface area contributed by atoms with Crippen LogP contribution in [0.1, 0.15) is 5.56 Å². The fourth-order valence-corrected chi connectivity index (χ4v) is 1.75. The fraction of sp³-hybridized carbons (Fsp3) is 0.286. The summed E-state index contributed by atoms with van der Waals surface area (Å²) in [5, 5.41) is 0. The topological polar surface area (TPSA) is 38.2 Å². The lowest BCUT2D eigenvalue weighted by molar-refractivity contribution is -0.274. The van der Waals surface area contributed by atoms with Crippen LogP contribution in [-0.4, -0.2) is 29.9 Å². The fourth-order valence-electron chi connectivity index (χ4n) is 1.75. The number of pyridine rings is 2. The van der Waals surface area contributed by atoms with Crippen molar-refractivity contribution in [2.45, 2.75) is 12.8 Å². The highest BCUT2D eigenvalue weighted by Gasteiger charge is 2.31. The zero-order valence-corrected chi connectivity index (χ0v) is 11.3. The zero-order chi connectivity index (χ0) is 15.3. The molecule has 112 valence electrons. The molecule has 0 amide bonds. The molecule has 0 saturated carbocycles. The molecule has 0 unspecified atom stereocenters. The maximum atomic E-state index is 12.0. The molecule has 0 fully saturated rings. The highest BCUT2D eigenvalue weighted by atomic mass is 19.4. The second-order valence-corrected chi connectivity index (χ2v) is 4.43. The SMILES string of the molecule is CN(CCc1ccncc1)c1ccc(OC(F)(F)F)cn1. The Hall–Kier alpha value is -2.31. The highest BCUT2D eigenvalue weighted by molar-refractivity contribution is 5.40. The lowest BCUT2D eigenvalue weighted by Gasteiger charge is -2.18. The summed E-state index contributed by atoms with van der Waals surface area (Å²) in [7, 11) is 1.83. The van der Waals surface area contributed by atoms with Crippen LogP contribution in [-0.2, 0) is 6.42 Å². The van der Waals surface area contributed by atoms with Gasteiger partial charge in [0.05, 0.1) is 6.20 Å². The third-order valence-electron chi connectivity index (χ3n) is 2.83. The number of halogens is 3. The van der Waals surface area contributed by atoms with Gasteiger partial charge in [-0.1, -0.05) is 0 Å². The molecule has 4 nitrogen and oxygen atoms in total. The first-order valence-corrected chi connectivity index (χ1v) is 6.26. The number of anilines is 1. The average molecular weight is 297 g/mol. The van der Waals surface area contributed by atoms with E-state index in [0.29, 0.717) is 12.4 Å². The van der Waals surface area contributed by atoms with Crippen molar-refractivity contribution < 1.29 is 17.9 Å². The van der Waals surface area contributed by atoms with Crippen molar-refractivity contribution in [3.05, 3.63) is 48.4 Å². The Morgan fingerprint density at radius 3 is 2.43 bits per heavy atom. The van der Waals surface area contributed by atoms with Gasteiger partial charge in [0.1, 0.15) is 11.6 Å². The van der Waals surface area contributed by atoms with Gasteiger partial charge in [-0.3, -0.25) is 4.98 Å². The van der Waals surface area contributed by atoms with Crippen molar-refractivity contribution >= 4 is 5.82 Å². The van der Waals surface area contributed by atoms with E-state index in [1.807, 2.05) is 24.1 Å². The van der Waals surface area contributed by atoms with Gasteiger partial charge in [-0.05, 0) is 36.2 Å². The molecule has 0 saturated heterocycles. The molecular weight excluding hydrogens is 283 g/mol. The average Bonchev–Trinajstić information content (AvgIpc) is 2.45. The maximum absolute atomic E-state index is 12.0. The Kier molecular flexibility index (Phi) is 4.62. The van der Waals surface area contributed by atoms with E-state index in [9.17, 15) is 13.2 Å². The first-order chi connectivity index (χ1) is 9.94. The number of aromatic nitrogens is 2. The van der Waals surface area contributed by atoms with Gasteiger partial charge in [-0.2, -0.15) is 0 Å². The van der Waals surface area contributed by atoms with Gasteiger partial charge in [-0.15, -0.1) is 13.2 Å². The maximum Gasteiger partial charge on any atom is 0.573 e. The van der Waals surface area contributed by atoms with Gasteiger partial charge < -0.3 is 9.64 Å². The Morgan fingerprint density at radius 1 is 1.14 bits per heavy atom. The van der Waals surface area contributed by atoms with Crippen LogP contribution in [0.3, 0.4) is 0 Å². The molecule has 2 aromatic heterocycles. The van der Waals surface area contributed by atoms with Crippen LogP contribution >= 0.6 is 0 Å². The molecule has 0 spiro atoms. The van der Waals surface area contributed by atoms with Crippen molar-refractivity contribution in [2.24, 2.45) is 0 Å². The molecular formula is C14H14F3N3O. The molecule has 0 aromatic carbocycles. The van der Waals surface area contributed by atoms with E-state index in [2.05, 4.69) is 14.7 Å². The smallest absolute Gasteiger partial charge is 0.404 e. The molecule has 0 aliphatic heterocycles. The number of hydrogen-bond acceptors (Lipinski definition) is 4. The molecule has 0 N–H and O–H groups in total. The Bertz CT molecular complexity index is 558. The number of alkyl halides is 3. The van der Waals surface area contributed by atoms with Gasteiger partial charge in [-0.25, -0.2) is 4.98 Å². The van der Waals surface area contributed by atoms with Crippen molar-refractivity contribution in [2.75, 3.05) is 18.5 Å². The molecule has 0 bridgehead atoms. The summed E-state index contributed by atoms with van der Waals surface area (Å²) >= 11 is 0. The van der Waals surface area contributed by atoms with E-state index in [1.54, 1.807) is 12.4 Å². The summed E-state index contributed by atoms with van der Waals surface area (Å²) in [4.78, 5) is 9.76. The van der Waals surface area contributed by atoms with Crippen LogP contribution in [0.5, 0.6) is 5.75 Å². The number of likely N-dealkylation sites (N-methyl/N-ethyl adjacent to an activating group) is 1. The minimum Gasteiger partial charge on any atom is -0.404 e. The summed E-state index contributed by atoms with van der Waals surface area (Å²) in [6.45, 7) is 0.691.